The topological polar surface area (TPSA) is 20.2 Å². The molecule has 1 heteroatoms. The SMILES string of the molecule is CC1=CC2(C)C(O)CCC(C)C2CC1. The predicted octanol–water partition coefficient (Wildman–Crippen LogP) is 3.14. The Morgan fingerprint density at radius 3 is 2.79 bits per heavy atom. The van der Waals surface area contributed by atoms with E-state index in [0.29, 0.717) is 5.92 Å². The lowest BCUT2D eigenvalue weighted by molar-refractivity contribution is -0.0417. The number of aliphatic hydroxyl groups is 1. The van der Waals surface area contributed by atoms with Gasteiger partial charge in [0.15, 0.2) is 0 Å². The highest BCUT2D eigenvalue weighted by Crippen LogP contribution is 2.50. The van der Waals surface area contributed by atoms with Crippen molar-refractivity contribution < 1.29 is 5.11 Å². The van der Waals surface area contributed by atoms with Crippen molar-refractivity contribution in [2.24, 2.45) is 17.3 Å². The molecule has 0 aromatic carbocycles. The first-order chi connectivity index (χ1) is 6.54. The maximum Gasteiger partial charge on any atom is 0.0631 e. The molecule has 0 aromatic rings. The molecule has 0 aliphatic heterocycles. The third kappa shape index (κ3) is 1.42. The van der Waals surface area contributed by atoms with E-state index in [2.05, 4.69) is 26.8 Å². The Hall–Kier alpha value is -0.300. The summed E-state index contributed by atoms with van der Waals surface area (Å²) in [6.45, 7) is 6.80. The molecule has 0 aromatic heterocycles. The van der Waals surface area contributed by atoms with Gasteiger partial charge in [0.1, 0.15) is 0 Å². The normalized spacial score (nSPS) is 48.3. The molecule has 0 radical (unpaired) electrons. The van der Waals surface area contributed by atoms with E-state index in [-0.39, 0.29) is 11.5 Å². The number of allylic oxidation sites excluding steroid dienone is 1. The second kappa shape index (κ2) is 3.37. The van der Waals surface area contributed by atoms with Crippen LogP contribution in [0.4, 0.5) is 0 Å². The first-order valence-corrected chi connectivity index (χ1v) is 5.90. The molecule has 4 atom stereocenters. The molecule has 2 rings (SSSR count). The molecular formula is C13H22O. The van der Waals surface area contributed by atoms with Crippen LogP contribution in [0.15, 0.2) is 11.6 Å². The Labute approximate surface area is 87.2 Å². The number of hydrogen-bond acceptors (Lipinski definition) is 1. The lowest BCUT2D eigenvalue weighted by Crippen LogP contribution is -2.46. The van der Waals surface area contributed by atoms with Crippen LogP contribution in [0.5, 0.6) is 0 Å². The summed E-state index contributed by atoms with van der Waals surface area (Å²) in [5.41, 5.74) is 1.54. The Bertz CT molecular complexity index is 256. The van der Waals surface area contributed by atoms with Crippen LogP contribution in [-0.4, -0.2) is 11.2 Å². The van der Waals surface area contributed by atoms with Gasteiger partial charge in [-0.1, -0.05) is 25.5 Å². The van der Waals surface area contributed by atoms with Crippen molar-refractivity contribution in [2.45, 2.75) is 52.6 Å². The summed E-state index contributed by atoms with van der Waals surface area (Å²) in [6.07, 6.45) is 6.93. The molecule has 1 saturated carbocycles. The third-order valence-electron chi connectivity index (χ3n) is 4.51. The zero-order chi connectivity index (χ0) is 10.3. The lowest BCUT2D eigenvalue weighted by atomic mass is 9.57. The van der Waals surface area contributed by atoms with Crippen molar-refractivity contribution in [3.63, 3.8) is 0 Å². The van der Waals surface area contributed by atoms with Gasteiger partial charge in [0, 0.05) is 5.41 Å². The first-order valence-electron chi connectivity index (χ1n) is 5.90. The van der Waals surface area contributed by atoms with Crippen LogP contribution in [0.3, 0.4) is 0 Å². The highest BCUT2D eigenvalue weighted by molar-refractivity contribution is 5.17. The van der Waals surface area contributed by atoms with Crippen molar-refractivity contribution in [1.29, 1.82) is 0 Å². The number of rotatable bonds is 0. The second-order valence-corrected chi connectivity index (χ2v) is 5.57. The minimum Gasteiger partial charge on any atom is -0.392 e. The van der Waals surface area contributed by atoms with E-state index in [1.165, 1.54) is 24.8 Å². The molecule has 14 heavy (non-hydrogen) atoms. The van der Waals surface area contributed by atoms with Gasteiger partial charge in [0.05, 0.1) is 6.10 Å². The van der Waals surface area contributed by atoms with Crippen molar-refractivity contribution >= 4 is 0 Å². The molecule has 2 aliphatic carbocycles. The van der Waals surface area contributed by atoms with Gasteiger partial charge in [0.25, 0.3) is 0 Å². The maximum absolute atomic E-state index is 10.2. The largest absolute Gasteiger partial charge is 0.392 e. The smallest absolute Gasteiger partial charge is 0.0631 e. The molecule has 0 heterocycles. The van der Waals surface area contributed by atoms with Crippen LogP contribution < -0.4 is 0 Å². The van der Waals surface area contributed by atoms with E-state index >= 15 is 0 Å². The van der Waals surface area contributed by atoms with E-state index < -0.39 is 0 Å². The van der Waals surface area contributed by atoms with E-state index in [1.54, 1.807) is 0 Å². The van der Waals surface area contributed by atoms with Crippen LogP contribution in [-0.2, 0) is 0 Å². The number of hydrogen-bond donors (Lipinski definition) is 1. The summed E-state index contributed by atoms with van der Waals surface area (Å²) in [5, 5.41) is 10.2. The molecular weight excluding hydrogens is 172 g/mol. The Morgan fingerprint density at radius 2 is 2.07 bits per heavy atom. The predicted molar refractivity (Wildman–Crippen MR) is 59.0 cm³/mol. The summed E-state index contributed by atoms with van der Waals surface area (Å²) in [4.78, 5) is 0. The molecule has 1 N–H and O–H groups in total. The number of fused-ring (bicyclic) bond motifs is 1. The van der Waals surface area contributed by atoms with Gasteiger partial charge in [-0.15, -0.1) is 0 Å². The van der Waals surface area contributed by atoms with Crippen LogP contribution in [0.2, 0.25) is 0 Å². The maximum atomic E-state index is 10.2. The molecule has 1 nitrogen and oxygen atoms in total. The Balaban J connectivity index is 2.33. The van der Waals surface area contributed by atoms with Gasteiger partial charge < -0.3 is 5.11 Å². The molecule has 0 amide bonds. The fourth-order valence-corrected chi connectivity index (χ4v) is 3.58. The summed E-state index contributed by atoms with van der Waals surface area (Å²) in [5.74, 6) is 1.49. The standard InChI is InChI=1S/C13H22O/c1-9-4-6-11-10(2)5-7-12(14)13(11,3)8-9/h8,10-12,14H,4-7H2,1-3H3. The molecule has 0 saturated heterocycles. The quantitative estimate of drug-likeness (QED) is 0.587. The van der Waals surface area contributed by atoms with Crippen LogP contribution >= 0.6 is 0 Å². The highest BCUT2D eigenvalue weighted by atomic mass is 16.3. The zero-order valence-corrected chi connectivity index (χ0v) is 9.59. The van der Waals surface area contributed by atoms with Gasteiger partial charge in [-0.25, -0.2) is 0 Å². The summed E-state index contributed by atoms with van der Waals surface area (Å²) >= 11 is 0. The highest BCUT2D eigenvalue weighted by Gasteiger charge is 2.46. The van der Waals surface area contributed by atoms with Crippen LogP contribution in [0.1, 0.15) is 46.5 Å². The summed E-state index contributed by atoms with van der Waals surface area (Å²) < 4.78 is 0. The molecule has 4 unspecified atom stereocenters. The van der Waals surface area contributed by atoms with Crippen LogP contribution in [0, 0.1) is 17.3 Å². The van der Waals surface area contributed by atoms with Gasteiger partial charge in [-0.05, 0) is 44.4 Å². The average molecular weight is 194 g/mol. The molecule has 2 aliphatic rings. The van der Waals surface area contributed by atoms with Gasteiger partial charge in [-0.2, -0.15) is 0 Å². The monoisotopic (exact) mass is 194 g/mol. The third-order valence-corrected chi connectivity index (χ3v) is 4.51. The Morgan fingerprint density at radius 1 is 1.36 bits per heavy atom. The van der Waals surface area contributed by atoms with Crippen molar-refractivity contribution in [3.05, 3.63) is 11.6 Å². The van der Waals surface area contributed by atoms with E-state index in [4.69, 9.17) is 0 Å². The van der Waals surface area contributed by atoms with E-state index in [1.807, 2.05) is 0 Å². The van der Waals surface area contributed by atoms with Crippen LogP contribution in [0.25, 0.3) is 0 Å². The van der Waals surface area contributed by atoms with Crippen molar-refractivity contribution in [3.8, 4) is 0 Å². The van der Waals surface area contributed by atoms with E-state index in [0.717, 1.165) is 12.3 Å². The summed E-state index contributed by atoms with van der Waals surface area (Å²) in [6, 6.07) is 0. The van der Waals surface area contributed by atoms with Crippen molar-refractivity contribution in [2.75, 3.05) is 0 Å². The van der Waals surface area contributed by atoms with Crippen molar-refractivity contribution in [1.82, 2.24) is 0 Å². The van der Waals surface area contributed by atoms with E-state index in [9.17, 15) is 5.11 Å². The molecule has 0 spiro atoms. The first kappa shape index (κ1) is 10.2. The van der Waals surface area contributed by atoms with Gasteiger partial charge in [0.2, 0.25) is 0 Å². The fourth-order valence-electron chi connectivity index (χ4n) is 3.58. The zero-order valence-electron chi connectivity index (χ0n) is 9.59. The van der Waals surface area contributed by atoms with Gasteiger partial charge in [-0.3, -0.25) is 0 Å². The average Bonchev–Trinajstić information content (AvgIpc) is 2.11. The lowest BCUT2D eigenvalue weighted by Gasteiger charge is -2.49. The second-order valence-electron chi connectivity index (χ2n) is 5.57. The Kier molecular flexibility index (Phi) is 2.46. The summed E-state index contributed by atoms with van der Waals surface area (Å²) in [7, 11) is 0. The molecule has 0 bridgehead atoms. The number of aliphatic hydroxyl groups excluding tert-OH is 1. The fraction of sp³-hybridized carbons (Fsp3) is 0.846. The minimum absolute atomic E-state index is 0.0694. The molecule has 80 valence electrons. The minimum atomic E-state index is -0.112. The van der Waals surface area contributed by atoms with Gasteiger partial charge >= 0.3 is 0 Å². The molecule has 1 fully saturated rings.